The lowest BCUT2D eigenvalue weighted by atomic mass is 9.96. The molecule has 1 heterocycles. The second-order valence-electron chi connectivity index (χ2n) is 5.38. The fraction of sp³-hybridized carbons (Fsp3) is 0.562. The Labute approximate surface area is 120 Å². The Morgan fingerprint density at radius 2 is 2.30 bits per heavy atom. The van der Waals surface area contributed by atoms with Gasteiger partial charge in [0, 0.05) is 18.7 Å². The fourth-order valence-corrected chi connectivity index (χ4v) is 2.76. The van der Waals surface area contributed by atoms with Crippen LogP contribution in [-0.2, 0) is 11.2 Å². The highest BCUT2D eigenvalue weighted by Gasteiger charge is 2.22. The highest BCUT2D eigenvalue weighted by Crippen LogP contribution is 2.31. The number of fused-ring (bicyclic) bond motifs is 1. The molecule has 1 aliphatic rings. The van der Waals surface area contributed by atoms with Crippen molar-refractivity contribution in [3.8, 4) is 0 Å². The lowest BCUT2D eigenvalue weighted by molar-refractivity contribution is -0.118. The highest BCUT2D eigenvalue weighted by atomic mass is 16.3. The second-order valence-corrected chi connectivity index (χ2v) is 5.38. The summed E-state index contributed by atoms with van der Waals surface area (Å²) < 4.78 is 0. The van der Waals surface area contributed by atoms with Gasteiger partial charge in [-0.3, -0.25) is 4.79 Å². The molecule has 0 fully saturated rings. The number of anilines is 1. The molecule has 0 saturated carbocycles. The van der Waals surface area contributed by atoms with E-state index in [-0.39, 0.29) is 5.91 Å². The van der Waals surface area contributed by atoms with E-state index in [1.807, 2.05) is 30.0 Å². The van der Waals surface area contributed by atoms with Crippen LogP contribution in [0.15, 0.2) is 18.2 Å². The van der Waals surface area contributed by atoms with Crippen molar-refractivity contribution < 1.29 is 9.90 Å². The van der Waals surface area contributed by atoms with Gasteiger partial charge in [-0.15, -0.1) is 0 Å². The molecule has 2 rings (SSSR count). The molecule has 1 atom stereocenters. The maximum Gasteiger partial charge on any atom is 0.226 e. The molecule has 1 aliphatic heterocycles. The third kappa shape index (κ3) is 3.19. The van der Waals surface area contributed by atoms with Gasteiger partial charge in [0.15, 0.2) is 0 Å². The summed E-state index contributed by atoms with van der Waals surface area (Å²) in [5.74, 6) is 0.198. The van der Waals surface area contributed by atoms with Crippen molar-refractivity contribution in [1.29, 1.82) is 0 Å². The van der Waals surface area contributed by atoms with Crippen molar-refractivity contribution in [2.45, 2.75) is 45.1 Å². The molecule has 0 aromatic heterocycles. The lowest BCUT2D eigenvalue weighted by Crippen LogP contribution is -2.35. The summed E-state index contributed by atoms with van der Waals surface area (Å²) in [5.41, 5.74) is 8.56. The SMILES string of the molecule is CCCC(=O)N1CCCc2cc(C(O)CCN)ccc21. The maximum atomic E-state index is 12.1. The molecular weight excluding hydrogens is 252 g/mol. The molecule has 1 amide bonds. The standard InChI is InChI=1S/C16H24N2O2/c1-2-4-16(20)18-10-3-5-12-11-13(6-7-14(12)18)15(19)8-9-17/h6-7,11,15,19H,2-5,8-10,17H2,1H3. The normalized spacial score (nSPS) is 15.8. The van der Waals surface area contributed by atoms with Crippen molar-refractivity contribution in [3.05, 3.63) is 29.3 Å². The maximum absolute atomic E-state index is 12.1. The first-order valence-corrected chi connectivity index (χ1v) is 7.48. The monoisotopic (exact) mass is 276 g/mol. The summed E-state index contributed by atoms with van der Waals surface area (Å²) in [6, 6.07) is 5.91. The van der Waals surface area contributed by atoms with Crippen molar-refractivity contribution >= 4 is 11.6 Å². The Morgan fingerprint density at radius 3 is 3.00 bits per heavy atom. The van der Waals surface area contributed by atoms with Crippen LogP contribution in [0.3, 0.4) is 0 Å². The smallest absolute Gasteiger partial charge is 0.226 e. The number of carbonyl (C=O) groups excluding carboxylic acids is 1. The van der Waals surface area contributed by atoms with Gasteiger partial charge >= 0.3 is 0 Å². The van der Waals surface area contributed by atoms with Crippen LogP contribution in [0.25, 0.3) is 0 Å². The molecular formula is C16H24N2O2. The van der Waals surface area contributed by atoms with Crippen LogP contribution in [0.4, 0.5) is 5.69 Å². The van der Waals surface area contributed by atoms with Crippen molar-refractivity contribution in [3.63, 3.8) is 0 Å². The average Bonchev–Trinajstić information content (AvgIpc) is 2.46. The number of benzene rings is 1. The van der Waals surface area contributed by atoms with E-state index in [1.54, 1.807) is 0 Å². The second kappa shape index (κ2) is 6.86. The van der Waals surface area contributed by atoms with Gasteiger partial charge in [0.25, 0.3) is 0 Å². The minimum atomic E-state index is -0.507. The number of aliphatic hydroxyl groups excluding tert-OH is 1. The molecule has 0 aliphatic carbocycles. The van der Waals surface area contributed by atoms with E-state index in [9.17, 15) is 9.90 Å². The first-order valence-electron chi connectivity index (χ1n) is 7.48. The first-order chi connectivity index (χ1) is 9.67. The molecule has 4 nitrogen and oxygen atoms in total. The zero-order valence-electron chi connectivity index (χ0n) is 12.1. The quantitative estimate of drug-likeness (QED) is 0.866. The largest absolute Gasteiger partial charge is 0.388 e. The van der Waals surface area contributed by atoms with Crippen LogP contribution < -0.4 is 10.6 Å². The van der Waals surface area contributed by atoms with E-state index in [1.165, 1.54) is 0 Å². The molecule has 0 radical (unpaired) electrons. The van der Waals surface area contributed by atoms with Gasteiger partial charge in [0.2, 0.25) is 5.91 Å². The fourth-order valence-electron chi connectivity index (χ4n) is 2.76. The predicted octanol–water partition coefficient (Wildman–Crippen LogP) is 2.15. The molecule has 3 N–H and O–H groups in total. The topological polar surface area (TPSA) is 66.6 Å². The number of aliphatic hydroxyl groups is 1. The predicted molar refractivity (Wildman–Crippen MR) is 80.7 cm³/mol. The van der Waals surface area contributed by atoms with Gasteiger partial charge in [-0.1, -0.05) is 19.1 Å². The zero-order chi connectivity index (χ0) is 14.5. The number of aryl methyl sites for hydroxylation is 1. The number of hydrogen-bond acceptors (Lipinski definition) is 3. The Hall–Kier alpha value is -1.39. The third-order valence-electron chi connectivity index (χ3n) is 3.81. The van der Waals surface area contributed by atoms with Gasteiger partial charge < -0.3 is 15.7 Å². The molecule has 0 bridgehead atoms. The van der Waals surface area contributed by atoms with E-state index in [4.69, 9.17) is 5.73 Å². The number of amides is 1. The molecule has 0 saturated heterocycles. The van der Waals surface area contributed by atoms with Crippen molar-refractivity contribution in [2.75, 3.05) is 18.0 Å². The van der Waals surface area contributed by atoms with Gasteiger partial charge in [-0.25, -0.2) is 0 Å². The molecule has 1 aromatic rings. The van der Waals surface area contributed by atoms with E-state index in [0.717, 1.165) is 42.6 Å². The van der Waals surface area contributed by atoms with Crippen LogP contribution in [0, 0.1) is 0 Å². The van der Waals surface area contributed by atoms with Crippen LogP contribution >= 0.6 is 0 Å². The summed E-state index contributed by atoms with van der Waals surface area (Å²) in [4.78, 5) is 14.0. The Bertz CT molecular complexity index is 474. The van der Waals surface area contributed by atoms with Crippen LogP contribution in [-0.4, -0.2) is 24.1 Å². The molecule has 4 heteroatoms. The number of carbonyl (C=O) groups is 1. The van der Waals surface area contributed by atoms with Gasteiger partial charge in [-0.2, -0.15) is 0 Å². The van der Waals surface area contributed by atoms with Gasteiger partial charge in [-0.05, 0) is 49.4 Å². The number of rotatable bonds is 5. The molecule has 20 heavy (non-hydrogen) atoms. The minimum absolute atomic E-state index is 0.198. The highest BCUT2D eigenvalue weighted by molar-refractivity contribution is 5.94. The zero-order valence-corrected chi connectivity index (χ0v) is 12.1. The van der Waals surface area contributed by atoms with E-state index >= 15 is 0 Å². The summed E-state index contributed by atoms with van der Waals surface area (Å²) in [7, 11) is 0. The van der Waals surface area contributed by atoms with Gasteiger partial charge in [0.1, 0.15) is 0 Å². The van der Waals surface area contributed by atoms with E-state index in [0.29, 0.717) is 19.4 Å². The summed E-state index contributed by atoms with van der Waals surface area (Å²) in [5, 5.41) is 10.0. The third-order valence-corrected chi connectivity index (χ3v) is 3.81. The Morgan fingerprint density at radius 1 is 1.50 bits per heavy atom. The number of nitrogens with two attached hydrogens (primary N) is 1. The number of nitrogens with zero attached hydrogens (tertiary/aromatic N) is 1. The van der Waals surface area contributed by atoms with Crippen LogP contribution in [0.1, 0.15) is 49.8 Å². The van der Waals surface area contributed by atoms with Gasteiger partial charge in [0.05, 0.1) is 6.10 Å². The van der Waals surface area contributed by atoms with Crippen LogP contribution in [0.2, 0.25) is 0 Å². The summed E-state index contributed by atoms with van der Waals surface area (Å²) in [6.07, 6.45) is 3.48. The van der Waals surface area contributed by atoms with E-state index < -0.39 is 6.10 Å². The van der Waals surface area contributed by atoms with Crippen LogP contribution in [0.5, 0.6) is 0 Å². The van der Waals surface area contributed by atoms with Crippen molar-refractivity contribution in [2.24, 2.45) is 5.73 Å². The molecule has 1 unspecified atom stereocenters. The Balaban J connectivity index is 2.23. The molecule has 1 aromatic carbocycles. The van der Waals surface area contributed by atoms with Crippen molar-refractivity contribution in [1.82, 2.24) is 0 Å². The molecule has 0 spiro atoms. The first kappa shape index (κ1) is 15.0. The summed E-state index contributed by atoms with van der Waals surface area (Å²) in [6.45, 7) is 3.30. The lowest BCUT2D eigenvalue weighted by Gasteiger charge is -2.30. The summed E-state index contributed by atoms with van der Waals surface area (Å²) >= 11 is 0. The minimum Gasteiger partial charge on any atom is -0.388 e. The Kier molecular flexibility index (Phi) is 5.15. The van der Waals surface area contributed by atoms with E-state index in [2.05, 4.69) is 0 Å². The molecule has 110 valence electrons. The average molecular weight is 276 g/mol. The number of hydrogen-bond donors (Lipinski definition) is 2.